The molecule has 1 aromatic carbocycles. The first kappa shape index (κ1) is 27.6. The summed E-state index contributed by atoms with van der Waals surface area (Å²) in [5, 5.41) is 29.1. The Kier molecular flexibility index (Phi) is 10.3. The molecular weight excluding hydrogens is 439 g/mol. The first-order valence-corrected chi connectivity index (χ1v) is 11.4. The highest BCUT2D eigenvalue weighted by Gasteiger charge is 2.23. The van der Waals surface area contributed by atoms with Gasteiger partial charge in [-0.3, -0.25) is 15.0 Å². The van der Waals surface area contributed by atoms with Crippen LogP contribution in [-0.4, -0.2) is 45.6 Å². The Balaban J connectivity index is 2.64. The molecule has 1 heterocycles. The fraction of sp³-hybridized carbons (Fsp3) is 0.462. The molecule has 1 aromatic heterocycles. The summed E-state index contributed by atoms with van der Waals surface area (Å²) in [5.74, 6) is -0.892. The van der Waals surface area contributed by atoms with E-state index < -0.39 is 18.1 Å². The summed E-state index contributed by atoms with van der Waals surface area (Å²) < 4.78 is 19.2. The van der Waals surface area contributed by atoms with Crippen LogP contribution in [0, 0.1) is 5.82 Å². The zero-order valence-corrected chi connectivity index (χ0v) is 20.4. The average molecular weight is 475 g/mol. The Morgan fingerprint density at radius 3 is 2.26 bits per heavy atom. The standard InChI is InChI=1S/C26H35FN2O5/c1-15(2)25-21(11-10-19(30)12-20(31)13-23(32)29-33)24(17-6-8-18(27)9-7-17)22(14-34-5)26(28-25)16(3)4/h6-11,15-16,19-20,30-31,33H,12-14H2,1-5H3,(H,29,32). The highest BCUT2D eigenvalue weighted by Crippen LogP contribution is 2.37. The Labute approximate surface area is 200 Å². The monoisotopic (exact) mass is 474 g/mol. The van der Waals surface area contributed by atoms with Crippen LogP contribution in [0.5, 0.6) is 0 Å². The molecule has 2 aromatic rings. The van der Waals surface area contributed by atoms with E-state index in [-0.39, 0.29) is 30.5 Å². The average Bonchev–Trinajstić information content (AvgIpc) is 2.77. The van der Waals surface area contributed by atoms with Gasteiger partial charge in [-0.15, -0.1) is 0 Å². The molecule has 0 aliphatic rings. The normalized spacial score (nSPS) is 13.6. The van der Waals surface area contributed by atoms with Crippen molar-refractivity contribution in [1.29, 1.82) is 0 Å². The van der Waals surface area contributed by atoms with Gasteiger partial charge in [-0.2, -0.15) is 0 Å². The molecule has 34 heavy (non-hydrogen) atoms. The lowest BCUT2D eigenvalue weighted by Gasteiger charge is -2.23. The third-order valence-electron chi connectivity index (χ3n) is 5.46. The molecule has 0 saturated heterocycles. The van der Waals surface area contributed by atoms with Crippen LogP contribution in [0.15, 0.2) is 30.3 Å². The van der Waals surface area contributed by atoms with E-state index in [4.69, 9.17) is 14.9 Å². The Morgan fingerprint density at radius 1 is 1.12 bits per heavy atom. The van der Waals surface area contributed by atoms with Crippen molar-refractivity contribution in [3.63, 3.8) is 0 Å². The molecule has 186 valence electrons. The van der Waals surface area contributed by atoms with E-state index in [2.05, 4.69) is 13.8 Å². The van der Waals surface area contributed by atoms with Gasteiger partial charge in [-0.1, -0.05) is 52.0 Å². The Bertz CT molecular complexity index is 990. The van der Waals surface area contributed by atoms with Crippen molar-refractivity contribution in [2.45, 2.75) is 71.2 Å². The van der Waals surface area contributed by atoms with Crippen LogP contribution in [0.3, 0.4) is 0 Å². The molecule has 0 bridgehead atoms. The highest BCUT2D eigenvalue weighted by molar-refractivity contribution is 5.80. The molecule has 2 rings (SSSR count). The van der Waals surface area contributed by atoms with Crippen molar-refractivity contribution in [3.05, 3.63) is 58.7 Å². The van der Waals surface area contributed by atoms with Crippen molar-refractivity contribution in [3.8, 4) is 11.1 Å². The summed E-state index contributed by atoms with van der Waals surface area (Å²) >= 11 is 0. The van der Waals surface area contributed by atoms with Gasteiger partial charge in [0.25, 0.3) is 0 Å². The van der Waals surface area contributed by atoms with E-state index in [9.17, 15) is 19.4 Å². The topological polar surface area (TPSA) is 112 Å². The molecule has 4 N–H and O–H groups in total. The third-order valence-corrected chi connectivity index (χ3v) is 5.46. The van der Waals surface area contributed by atoms with Gasteiger partial charge in [0.2, 0.25) is 5.91 Å². The Morgan fingerprint density at radius 2 is 1.74 bits per heavy atom. The minimum absolute atomic E-state index is 0.0592. The number of hydrogen-bond donors (Lipinski definition) is 4. The maximum absolute atomic E-state index is 13.7. The summed E-state index contributed by atoms with van der Waals surface area (Å²) in [6.07, 6.45) is 0.712. The molecule has 8 heteroatoms. The summed E-state index contributed by atoms with van der Waals surface area (Å²) in [7, 11) is 1.61. The number of nitrogens with zero attached hydrogens (tertiary/aromatic N) is 1. The number of carbonyl (C=O) groups excluding carboxylic acids is 1. The quantitative estimate of drug-likeness (QED) is 0.285. The molecule has 1 amide bonds. The van der Waals surface area contributed by atoms with Crippen LogP contribution in [0.2, 0.25) is 0 Å². The predicted octanol–water partition coefficient (Wildman–Crippen LogP) is 4.30. The first-order valence-electron chi connectivity index (χ1n) is 11.4. The van der Waals surface area contributed by atoms with Gasteiger partial charge < -0.3 is 14.9 Å². The number of benzene rings is 1. The van der Waals surface area contributed by atoms with Crippen LogP contribution in [0.1, 0.15) is 74.9 Å². The number of methoxy groups -OCH3 is 1. The minimum atomic E-state index is -1.13. The fourth-order valence-electron chi connectivity index (χ4n) is 3.91. The van der Waals surface area contributed by atoms with E-state index >= 15 is 0 Å². The minimum Gasteiger partial charge on any atom is -0.392 e. The lowest BCUT2D eigenvalue weighted by atomic mass is 9.87. The third kappa shape index (κ3) is 7.17. The molecule has 0 radical (unpaired) electrons. The van der Waals surface area contributed by atoms with Gasteiger partial charge >= 0.3 is 0 Å². The number of hydrogen-bond acceptors (Lipinski definition) is 6. The summed E-state index contributed by atoms with van der Waals surface area (Å²) in [4.78, 5) is 16.2. The highest BCUT2D eigenvalue weighted by atomic mass is 19.1. The number of ether oxygens (including phenoxy) is 1. The SMILES string of the molecule is COCc1c(C(C)C)nc(C(C)C)c(C=CC(O)CC(O)CC(=O)NO)c1-c1ccc(F)cc1. The van der Waals surface area contributed by atoms with Gasteiger partial charge in [0.05, 0.1) is 30.9 Å². The number of nitrogens with one attached hydrogen (secondary N) is 1. The second-order valence-corrected chi connectivity index (χ2v) is 8.95. The van der Waals surface area contributed by atoms with Crippen LogP contribution in [-0.2, 0) is 16.1 Å². The number of rotatable bonds is 11. The van der Waals surface area contributed by atoms with E-state index in [0.717, 1.165) is 33.6 Å². The van der Waals surface area contributed by atoms with Crippen molar-refractivity contribution < 1.29 is 29.3 Å². The molecule has 0 spiro atoms. The van der Waals surface area contributed by atoms with E-state index in [1.165, 1.54) is 17.6 Å². The van der Waals surface area contributed by atoms with Gasteiger partial charge in [0.1, 0.15) is 5.82 Å². The maximum Gasteiger partial charge on any atom is 0.245 e. The van der Waals surface area contributed by atoms with E-state index in [0.29, 0.717) is 6.61 Å². The number of hydroxylamine groups is 1. The van der Waals surface area contributed by atoms with Crippen molar-refractivity contribution in [2.75, 3.05) is 7.11 Å². The molecule has 2 atom stereocenters. The zero-order valence-electron chi connectivity index (χ0n) is 20.4. The van der Waals surface area contributed by atoms with Crippen molar-refractivity contribution in [1.82, 2.24) is 10.5 Å². The number of carbonyl (C=O) groups is 1. The number of aliphatic hydroxyl groups excluding tert-OH is 2. The van der Waals surface area contributed by atoms with Crippen LogP contribution >= 0.6 is 0 Å². The summed E-state index contributed by atoms with van der Waals surface area (Å²) in [5.41, 5.74) is 6.51. The van der Waals surface area contributed by atoms with Gasteiger partial charge in [-0.05, 0) is 35.1 Å². The van der Waals surface area contributed by atoms with Crippen molar-refractivity contribution >= 4 is 12.0 Å². The van der Waals surface area contributed by atoms with Crippen molar-refractivity contribution in [2.24, 2.45) is 0 Å². The zero-order chi connectivity index (χ0) is 25.4. The predicted molar refractivity (Wildman–Crippen MR) is 129 cm³/mol. The van der Waals surface area contributed by atoms with Gasteiger partial charge in [0.15, 0.2) is 0 Å². The summed E-state index contributed by atoms with van der Waals surface area (Å²) in [6, 6.07) is 6.23. The lowest BCUT2D eigenvalue weighted by Crippen LogP contribution is -2.26. The van der Waals surface area contributed by atoms with Crippen LogP contribution < -0.4 is 5.48 Å². The smallest absolute Gasteiger partial charge is 0.245 e. The Hall–Kier alpha value is -2.65. The van der Waals surface area contributed by atoms with Crippen LogP contribution in [0.25, 0.3) is 17.2 Å². The molecule has 0 aliphatic carbocycles. The molecule has 0 saturated carbocycles. The number of halogens is 1. The number of aromatic nitrogens is 1. The largest absolute Gasteiger partial charge is 0.392 e. The lowest BCUT2D eigenvalue weighted by molar-refractivity contribution is -0.131. The summed E-state index contributed by atoms with van der Waals surface area (Å²) in [6.45, 7) is 8.49. The second-order valence-electron chi connectivity index (χ2n) is 8.95. The molecule has 0 fully saturated rings. The fourth-order valence-corrected chi connectivity index (χ4v) is 3.91. The van der Waals surface area contributed by atoms with Crippen LogP contribution in [0.4, 0.5) is 4.39 Å². The molecule has 0 aliphatic heterocycles. The molecular formula is C26H35FN2O5. The first-order chi connectivity index (χ1) is 16.1. The van der Waals surface area contributed by atoms with E-state index in [1.54, 1.807) is 31.4 Å². The number of pyridine rings is 1. The second kappa shape index (κ2) is 12.7. The van der Waals surface area contributed by atoms with Gasteiger partial charge in [-0.25, -0.2) is 9.87 Å². The maximum atomic E-state index is 13.7. The van der Waals surface area contributed by atoms with Gasteiger partial charge in [0, 0.05) is 30.4 Å². The van der Waals surface area contributed by atoms with E-state index in [1.807, 2.05) is 13.8 Å². The molecule has 7 nitrogen and oxygen atoms in total. The molecule has 2 unspecified atom stereocenters. The number of amides is 1. The number of aliphatic hydroxyl groups is 2.